The minimum atomic E-state index is -4.88. The van der Waals surface area contributed by atoms with Gasteiger partial charge in [-0.2, -0.15) is 18.3 Å². The van der Waals surface area contributed by atoms with Crippen molar-refractivity contribution in [2.75, 3.05) is 0 Å². The Morgan fingerprint density at radius 2 is 2.09 bits per heavy atom. The fourth-order valence-electron chi connectivity index (χ4n) is 2.24. The molecule has 118 valence electrons. The minimum Gasteiger partial charge on any atom is -0.478 e. The number of aromatic amines is 1. The molecule has 3 aromatic rings. The number of aldehydes is 1. The van der Waals surface area contributed by atoms with Crippen molar-refractivity contribution in [2.45, 2.75) is 6.18 Å². The molecule has 0 aliphatic heterocycles. The van der Waals surface area contributed by atoms with Crippen molar-refractivity contribution < 1.29 is 27.9 Å². The number of fused-ring (bicyclic) bond motifs is 1. The molecule has 6 nitrogen and oxygen atoms in total. The van der Waals surface area contributed by atoms with Crippen LogP contribution in [0.5, 0.6) is 0 Å². The van der Waals surface area contributed by atoms with Crippen LogP contribution in [0.4, 0.5) is 13.2 Å². The molecule has 0 unspecified atom stereocenters. The van der Waals surface area contributed by atoms with Crippen LogP contribution >= 0.6 is 0 Å². The first kappa shape index (κ1) is 14.8. The third-order valence-corrected chi connectivity index (χ3v) is 3.30. The topological polar surface area (TPSA) is 88.0 Å². The molecule has 0 spiro atoms. The van der Waals surface area contributed by atoms with Gasteiger partial charge in [0.2, 0.25) is 0 Å². The lowest BCUT2D eigenvalue weighted by Crippen LogP contribution is -2.12. The Kier molecular flexibility index (Phi) is 3.20. The van der Waals surface area contributed by atoms with Gasteiger partial charge in [-0.1, -0.05) is 0 Å². The van der Waals surface area contributed by atoms with Crippen LogP contribution < -0.4 is 0 Å². The lowest BCUT2D eigenvalue weighted by Gasteiger charge is -2.04. The van der Waals surface area contributed by atoms with E-state index in [4.69, 9.17) is 5.11 Å². The molecule has 3 rings (SSSR count). The molecule has 23 heavy (non-hydrogen) atoms. The van der Waals surface area contributed by atoms with E-state index in [1.807, 2.05) is 0 Å². The highest BCUT2D eigenvalue weighted by atomic mass is 19.4. The summed E-state index contributed by atoms with van der Waals surface area (Å²) in [6.07, 6.45) is -2.02. The van der Waals surface area contributed by atoms with Gasteiger partial charge in [-0.25, -0.2) is 9.48 Å². The Balaban J connectivity index is 2.18. The fourth-order valence-corrected chi connectivity index (χ4v) is 2.24. The third-order valence-electron chi connectivity index (χ3n) is 3.30. The number of H-pyrrole nitrogens is 1. The molecule has 0 aliphatic rings. The quantitative estimate of drug-likeness (QED) is 0.726. The van der Waals surface area contributed by atoms with Crippen LogP contribution in [0.3, 0.4) is 0 Å². The third kappa shape index (κ3) is 2.45. The van der Waals surface area contributed by atoms with Gasteiger partial charge in [0.1, 0.15) is 5.56 Å². The summed E-state index contributed by atoms with van der Waals surface area (Å²) in [7, 11) is 0. The second-order valence-electron chi connectivity index (χ2n) is 4.73. The van der Waals surface area contributed by atoms with Crippen molar-refractivity contribution in [3.05, 3.63) is 47.4 Å². The highest BCUT2D eigenvalue weighted by Crippen LogP contribution is 2.31. The smallest absolute Gasteiger partial charge is 0.436 e. The number of carbonyl (C=O) groups excluding carboxylic acids is 1. The Morgan fingerprint density at radius 1 is 1.35 bits per heavy atom. The summed E-state index contributed by atoms with van der Waals surface area (Å²) in [5, 5.41) is 12.7. The normalized spacial score (nSPS) is 11.8. The lowest BCUT2D eigenvalue weighted by molar-refractivity contribution is -0.141. The maximum absolute atomic E-state index is 12.9. The van der Waals surface area contributed by atoms with E-state index in [1.165, 1.54) is 18.3 Å². The van der Waals surface area contributed by atoms with E-state index in [0.717, 1.165) is 10.9 Å². The van der Waals surface area contributed by atoms with Crippen molar-refractivity contribution in [1.29, 1.82) is 0 Å². The standard InChI is InChI=1S/C14H8F3N3O3/c15-14(16,17)12-10(13(22)23)5-20(19-12)8-1-2-11-9(3-8)7(6-21)4-18-11/h1-6,18H,(H,22,23). The zero-order valence-corrected chi connectivity index (χ0v) is 11.3. The second-order valence-corrected chi connectivity index (χ2v) is 4.73. The van der Waals surface area contributed by atoms with Gasteiger partial charge in [0.15, 0.2) is 12.0 Å². The van der Waals surface area contributed by atoms with Gasteiger partial charge in [-0.15, -0.1) is 0 Å². The van der Waals surface area contributed by atoms with Crippen molar-refractivity contribution in [3.63, 3.8) is 0 Å². The molecule has 0 saturated heterocycles. The van der Waals surface area contributed by atoms with Gasteiger partial charge in [0.25, 0.3) is 0 Å². The number of nitrogens with zero attached hydrogens (tertiary/aromatic N) is 2. The fraction of sp³-hybridized carbons (Fsp3) is 0.0714. The van der Waals surface area contributed by atoms with Gasteiger partial charge in [0, 0.05) is 28.9 Å². The van der Waals surface area contributed by atoms with Gasteiger partial charge >= 0.3 is 12.1 Å². The van der Waals surface area contributed by atoms with Crippen molar-refractivity contribution in [3.8, 4) is 5.69 Å². The predicted molar refractivity (Wildman–Crippen MR) is 72.8 cm³/mol. The first-order chi connectivity index (χ1) is 10.8. The molecule has 0 atom stereocenters. The molecule has 0 aliphatic carbocycles. The summed E-state index contributed by atoms with van der Waals surface area (Å²) in [5.41, 5.74) is -1.25. The molecular formula is C14H8F3N3O3. The molecule has 0 amide bonds. The summed E-state index contributed by atoms with van der Waals surface area (Å²) in [4.78, 5) is 24.8. The average Bonchev–Trinajstić information content (AvgIpc) is 3.10. The van der Waals surface area contributed by atoms with Crippen LogP contribution in [0.15, 0.2) is 30.6 Å². The van der Waals surface area contributed by atoms with Crippen molar-refractivity contribution in [1.82, 2.24) is 14.8 Å². The number of rotatable bonds is 3. The molecule has 0 radical (unpaired) electrons. The number of hydrogen-bond acceptors (Lipinski definition) is 3. The zero-order chi connectivity index (χ0) is 16.8. The van der Waals surface area contributed by atoms with Crippen LogP contribution in [0.2, 0.25) is 0 Å². The van der Waals surface area contributed by atoms with Crippen LogP contribution in [-0.4, -0.2) is 32.1 Å². The Labute approximate surface area is 126 Å². The summed E-state index contributed by atoms with van der Waals surface area (Å²) in [5.74, 6) is -1.72. The first-order valence-corrected chi connectivity index (χ1v) is 6.28. The molecule has 0 saturated carbocycles. The monoisotopic (exact) mass is 323 g/mol. The highest BCUT2D eigenvalue weighted by Gasteiger charge is 2.39. The zero-order valence-electron chi connectivity index (χ0n) is 11.3. The first-order valence-electron chi connectivity index (χ1n) is 6.28. The molecule has 2 aromatic heterocycles. The maximum atomic E-state index is 12.9. The number of benzene rings is 1. The largest absolute Gasteiger partial charge is 0.478 e. The molecule has 2 N–H and O–H groups in total. The summed E-state index contributed by atoms with van der Waals surface area (Å²) >= 11 is 0. The van der Waals surface area contributed by atoms with E-state index in [9.17, 15) is 22.8 Å². The number of aromatic nitrogens is 3. The average molecular weight is 323 g/mol. The SMILES string of the molecule is O=Cc1c[nH]c2ccc(-n3cc(C(=O)O)c(C(F)(F)F)n3)cc12. The van der Waals surface area contributed by atoms with Crippen molar-refractivity contribution in [2.24, 2.45) is 0 Å². The number of nitrogens with one attached hydrogen (secondary N) is 1. The van der Waals surface area contributed by atoms with E-state index in [2.05, 4.69) is 10.1 Å². The number of carboxylic acid groups (broad SMARTS) is 1. The van der Waals surface area contributed by atoms with E-state index in [-0.39, 0.29) is 5.69 Å². The minimum absolute atomic E-state index is 0.207. The van der Waals surface area contributed by atoms with Gasteiger partial charge in [-0.05, 0) is 18.2 Å². The molecule has 0 bridgehead atoms. The van der Waals surface area contributed by atoms with E-state index in [0.29, 0.717) is 22.8 Å². The molecular weight excluding hydrogens is 315 g/mol. The highest BCUT2D eigenvalue weighted by molar-refractivity contribution is 5.98. The Morgan fingerprint density at radius 3 is 2.65 bits per heavy atom. The van der Waals surface area contributed by atoms with Crippen molar-refractivity contribution >= 4 is 23.2 Å². The van der Waals surface area contributed by atoms with E-state index in [1.54, 1.807) is 6.07 Å². The molecule has 2 heterocycles. The number of hydrogen-bond donors (Lipinski definition) is 2. The van der Waals surface area contributed by atoms with Crippen LogP contribution in [0, 0.1) is 0 Å². The number of alkyl halides is 3. The lowest BCUT2D eigenvalue weighted by atomic mass is 10.1. The summed E-state index contributed by atoms with van der Waals surface area (Å²) < 4.78 is 39.4. The summed E-state index contributed by atoms with van der Waals surface area (Å²) in [6, 6.07) is 4.48. The van der Waals surface area contributed by atoms with E-state index >= 15 is 0 Å². The number of carboxylic acids is 1. The Bertz CT molecular complexity index is 924. The van der Waals surface area contributed by atoms with E-state index < -0.39 is 23.4 Å². The number of carbonyl (C=O) groups is 2. The number of aromatic carboxylic acids is 1. The van der Waals surface area contributed by atoms with Gasteiger partial charge in [-0.3, -0.25) is 4.79 Å². The molecule has 1 aromatic carbocycles. The number of halogens is 3. The van der Waals surface area contributed by atoms with Crippen LogP contribution in [0.1, 0.15) is 26.4 Å². The van der Waals surface area contributed by atoms with Gasteiger partial charge < -0.3 is 10.1 Å². The maximum Gasteiger partial charge on any atom is 0.436 e. The molecule has 0 fully saturated rings. The van der Waals surface area contributed by atoms with Crippen LogP contribution in [0.25, 0.3) is 16.6 Å². The molecule has 9 heteroatoms. The van der Waals surface area contributed by atoms with Crippen LogP contribution in [-0.2, 0) is 6.18 Å². The predicted octanol–water partition coefficient (Wildman–Crippen LogP) is 2.88. The Hall–Kier alpha value is -3.10. The summed E-state index contributed by atoms with van der Waals surface area (Å²) in [6.45, 7) is 0. The second kappa shape index (κ2) is 4.97. The van der Waals surface area contributed by atoms with Gasteiger partial charge in [0.05, 0.1) is 5.69 Å².